The molecule has 0 saturated heterocycles. The fourth-order valence-corrected chi connectivity index (χ4v) is 2.11. The van der Waals surface area contributed by atoms with Gasteiger partial charge < -0.3 is 9.80 Å². The molecule has 2 heteroatoms. The lowest BCUT2D eigenvalue weighted by Crippen LogP contribution is -2.24. The highest BCUT2D eigenvalue weighted by molar-refractivity contribution is 5.59. The summed E-state index contributed by atoms with van der Waals surface area (Å²) in [4.78, 5) is 4.48. The molecule has 90 valence electrons. The second kappa shape index (κ2) is 4.57. The maximum absolute atomic E-state index is 2.24. The van der Waals surface area contributed by atoms with Crippen molar-refractivity contribution in [2.45, 2.75) is 6.92 Å². The van der Waals surface area contributed by atoms with Crippen LogP contribution in [-0.2, 0) is 0 Å². The van der Waals surface area contributed by atoms with Crippen LogP contribution in [-0.4, -0.2) is 6.67 Å². The van der Waals surface area contributed by atoms with Crippen LogP contribution >= 0.6 is 0 Å². The van der Waals surface area contributed by atoms with Gasteiger partial charge in [-0.25, -0.2) is 0 Å². The number of aryl methyl sites for hydroxylation is 1. The summed E-state index contributed by atoms with van der Waals surface area (Å²) in [6.07, 6.45) is 4.24. The van der Waals surface area contributed by atoms with E-state index in [9.17, 15) is 0 Å². The van der Waals surface area contributed by atoms with E-state index in [4.69, 9.17) is 0 Å². The molecular weight excluding hydrogens is 220 g/mol. The van der Waals surface area contributed by atoms with Gasteiger partial charge in [0.15, 0.2) is 0 Å². The van der Waals surface area contributed by atoms with Crippen LogP contribution in [0.2, 0.25) is 0 Å². The molecule has 2 aromatic rings. The van der Waals surface area contributed by atoms with Crippen molar-refractivity contribution in [2.75, 3.05) is 16.5 Å². The summed E-state index contributed by atoms with van der Waals surface area (Å²) in [6, 6.07) is 19.0. The van der Waals surface area contributed by atoms with Gasteiger partial charge in [-0.3, -0.25) is 0 Å². The summed E-state index contributed by atoms with van der Waals surface area (Å²) in [7, 11) is 0. The minimum atomic E-state index is 0.868. The fraction of sp³-hybridized carbons (Fsp3) is 0.125. The van der Waals surface area contributed by atoms with E-state index in [-0.39, 0.29) is 0 Å². The summed E-state index contributed by atoms with van der Waals surface area (Å²) >= 11 is 0. The number of rotatable bonds is 2. The minimum Gasteiger partial charge on any atom is -0.328 e. The van der Waals surface area contributed by atoms with Crippen LogP contribution in [0.25, 0.3) is 0 Å². The van der Waals surface area contributed by atoms with E-state index in [1.54, 1.807) is 0 Å². The fourth-order valence-electron chi connectivity index (χ4n) is 2.11. The maximum Gasteiger partial charge on any atom is 0.0989 e. The van der Waals surface area contributed by atoms with Crippen LogP contribution < -0.4 is 9.80 Å². The smallest absolute Gasteiger partial charge is 0.0989 e. The standard InChI is InChI=1S/C16H16N2/c1-14-7-9-16(10-8-14)18-12-11-17(13-18)15-5-3-2-4-6-15/h2-12H,13H2,1H3. The first-order valence-electron chi connectivity index (χ1n) is 6.16. The quantitative estimate of drug-likeness (QED) is 0.783. The van der Waals surface area contributed by atoms with Crippen molar-refractivity contribution in [3.63, 3.8) is 0 Å². The molecule has 0 aliphatic carbocycles. The summed E-state index contributed by atoms with van der Waals surface area (Å²) in [5.74, 6) is 0. The Kier molecular flexibility index (Phi) is 2.77. The number of benzene rings is 2. The first kappa shape index (κ1) is 10.9. The summed E-state index contributed by atoms with van der Waals surface area (Å²) in [6.45, 7) is 2.98. The highest BCUT2D eigenvalue weighted by Gasteiger charge is 2.14. The van der Waals surface area contributed by atoms with E-state index in [1.165, 1.54) is 16.9 Å². The Morgan fingerprint density at radius 1 is 0.722 bits per heavy atom. The molecule has 0 N–H and O–H groups in total. The summed E-state index contributed by atoms with van der Waals surface area (Å²) in [5, 5.41) is 0. The first-order valence-corrected chi connectivity index (χ1v) is 6.16. The molecule has 2 aromatic carbocycles. The molecule has 0 spiro atoms. The molecule has 0 radical (unpaired) electrons. The van der Waals surface area contributed by atoms with E-state index >= 15 is 0 Å². The van der Waals surface area contributed by atoms with Crippen molar-refractivity contribution in [1.82, 2.24) is 0 Å². The number of nitrogens with zero attached hydrogens (tertiary/aromatic N) is 2. The second-order valence-corrected chi connectivity index (χ2v) is 4.55. The Balaban J connectivity index is 1.77. The lowest BCUT2D eigenvalue weighted by atomic mass is 10.2. The van der Waals surface area contributed by atoms with Gasteiger partial charge in [0.1, 0.15) is 0 Å². The van der Waals surface area contributed by atoms with Crippen LogP contribution in [0, 0.1) is 6.92 Å². The third-order valence-electron chi connectivity index (χ3n) is 3.18. The summed E-state index contributed by atoms with van der Waals surface area (Å²) < 4.78 is 0. The van der Waals surface area contributed by atoms with Crippen molar-refractivity contribution >= 4 is 11.4 Å². The van der Waals surface area contributed by atoms with Crippen LogP contribution in [0.3, 0.4) is 0 Å². The lowest BCUT2D eigenvalue weighted by Gasteiger charge is -2.21. The molecule has 0 fully saturated rings. The Bertz CT molecular complexity index is 543. The molecule has 0 amide bonds. The van der Waals surface area contributed by atoms with E-state index in [2.05, 4.69) is 77.7 Å². The molecule has 0 bridgehead atoms. The molecule has 0 saturated carbocycles. The summed E-state index contributed by atoms with van der Waals surface area (Å²) in [5.41, 5.74) is 3.75. The normalized spacial score (nSPS) is 14.3. The average molecular weight is 236 g/mol. The van der Waals surface area contributed by atoms with Crippen molar-refractivity contribution in [1.29, 1.82) is 0 Å². The molecule has 3 rings (SSSR count). The topological polar surface area (TPSA) is 6.48 Å². The molecular formula is C16H16N2. The second-order valence-electron chi connectivity index (χ2n) is 4.55. The van der Waals surface area contributed by atoms with Crippen molar-refractivity contribution < 1.29 is 0 Å². The highest BCUT2D eigenvalue weighted by Crippen LogP contribution is 2.23. The Hall–Kier alpha value is -2.22. The van der Waals surface area contributed by atoms with Gasteiger partial charge in [0.25, 0.3) is 0 Å². The van der Waals surface area contributed by atoms with E-state index in [0.29, 0.717) is 0 Å². The molecule has 0 atom stereocenters. The molecule has 1 heterocycles. The highest BCUT2D eigenvalue weighted by atomic mass is 15.3. The SMILES string of the molecule is Cc1ccc(N2C=CN(c3ccccc3)C2)cc1. The molecule has 0 aromatic heterocycles. The van der Waals surface area contributed by atoms with E-state index in [0.717, 1.165) is 6.67 Å². The number of para-hydroxylation sites is 1. The van der Waals surface area contributed by atoms with Gasteiger partial charge in [0.05, 0.1) is 6.67 Å². The Morgan fingerprint density at radius 3 is 1.89 bits per heavy atom. The molecule has 0 unspecified atom stereocenters. The van der Waals surface area contributed by atoms with Gasteiger partial charge in [0.2, 0.25) is 0 Å². The largest absolute Gasteiger partial charge is 0.328 e. The van der Waals surface area contributed by atoms with Gasteiger partial charge in [-0.05, 0) is 31.2 Å². The van der Waals surface area contributed by atoms with Crippen LogP contribution in [0.15, 0.2) is 67.0 Å². The lowest BCUT2D eigenvalue weighted by molar-refractivity contribution is 0.975. The van der Waals surface area contributed by atoms with Gasteiger partial charge >= 0.3 is 0 Å². The van der Waals surface area contributed by atoms with Gasteiger partial charge in [-0.1, -0.05) is 35.9 Å². The monoisotopic (exact) mass is 236 g/mol. The predicted octanol–water partition coefficient (Wildman–Crippen LogP) is 3.75. The maximum atomic E-state index is 2.24. The van der Waals surface area contributed by atoms with Crippen LogP contribution in [0.5, 0.6) is 0 Å². The Morgan fingerprint density at radius 2 is 1.28 bits per heavy atom. The predicted molar refractivity (Wildman–Crippen MR) is 76.6 cm³/mol. The van der Waals surface area contributed by atoms with E-state index < -0.39 is 0 Å². The van der Waals surface area contributed by atoms with Crippen molar-refractivity contribution in [2.24, 2.45) is 0 Å². The zero-order chi connectivity index (χ0) is 12.4. The first-order chi connectivity index (χ1) is 8.83. The zero-order valence-electron chi connectivity index (χ0n) is 10.5. The molecule has 18 heavy (non-hydrogen) atoms. The number of anilines is 2. The molecule has 1 aliphatic heterocycles. The van der Waals surface area contributed by atoms with Gasteiger partial charge in [0, 0.05) is 23.8 Å². The molecule has 2 nitrogen and oxygen atoms in total. The third-order valence-corrected chi connectivity index (χ3v) is 3.18. The minimum absolute atomic E-state index is 0.868. The third kappa shape index (κ3) is 2.09. The van der Waals surface area contributed by atoms with Crippen LogP contribution in [0.1, 0.15) is 5.56 Å². The average Bonchev–Trinajstić information content (AvgIpc) is 2.90. The van der Waals surface area contributed by atoms with Crippen molar-refractivity contribution in [3.05, 3.63) is 72.6 Å². The number of hydrogen-bond acceptors (Lipinski definition) is 2. The zero-order valence-corrected chi connectivity index (χ0v) is 10.5. The number of hydrogen-bond donors (Lipinski definition) is 0. The van der Waals surface area contributed by atoms with Crippen LogP contribution in [0.4, 0.5) is 11.4 Å². The van der Waals surface area contributed by atoms with E-state index in [1.807, 2.05) is 6.07 Å². The van der Waals surface area contributed by atoms with Gasteiger partial charge in [-0.15, -0.1) is 0 Å². The van der Waals surface area contributed by atoms with Crippen molar-refractivity contribution in [3.8, 4) is 0 Å². The molecule has 1 aliphatic rings. The van der Waals surface area contributed by atoms with Gasteiger partial charge in [-0.2, -0.15) is 0 Å². The Labute approximate surface area is 108 Å².